The van der Waals surface area contributed by atoms with Crippen molar-refractivity contribution in [1.82, 2.24) is 10.2 Å². The molecule has 0 saturated carbocycles. The summed E-state index contributed by atoms with van der Waals surface area (Å²) >= 11 is 14.6. The van der Waals surface area contributed by atoms with E-state index in [2.05, 4.69) is 5.32 Å². The van der Waals surface area contributed by atoms with Crippen LogP contribution in [0.4, 0.5) is 8.78 Å². The average molecular weight is 605 g/mol. The second-order valence-electron chi connectivity index (χ2n) is 9.08. The summed E-state index contributed by atoms with van der Waals surface area (Å²) in [7, 11) is 0. The van der Waals surface area contributed by atoms with E-state index in [-0.39, 0.29) is 40.7 Å². The van der Waals surface area contributed by atoms with E-state index >= 15 is 0 Å². The van der Waals surface area contributed by atoms with Crippen molar-refractivity contribution in [2.24, 2.45) is 0 Å². The fraction of sp³-hybridized carbons (Fsp3) is 0.207. The molecule has 40 heavy (non-hydrogen) atoms. The standard InChI is InChI=1S/C29H24Cl2F2N2O4S/c1-40-18-5-2-4-16(12-18)13-24(29(38)39)34-28(37)26-21(30)14-17-15-35(11-10-19(17)27(26)31)25(36)9-8-20-22(32)6-3-7-23(20)33/h2-9,12,14,24H,10-11,13,15H2,1H3,(H,34,37)(H,38,39)/b9-8+/t24-/m0/s1. The molecule has 2 amide bonds. The summed E-state index contributed by atoms with van der Waals surface area (Å²) in [6.07, 6.45) is 4.46. The van der Waals surface area contributed by atoms with Gasteiger partial charge in [0, 0.05) is 36.0 Å². The third-order valence-corrected chi connectivity index (χ3v) is 7.95. The molecule has 11 heteroatoms. The van der Waals surface area contributed by atoms with Crippen molar-refractivity contribution in [3.05, 3.63) is 104 Å². The minimum atomic E-state index is -1.22. The first-order valence-electron chi connectivity index (χ1n) is 12.2. The van der Waals surface area contributed by atoms with Crippen LogP contribution in [0, 0.1) is 11.6 Å². The summed E-state index contributed by atoms with van der Waals surface area (Å²) < 4.78 is 27.8. The lowest BCUT2D eigenvalue weighted by Crippen LogP contribution is -2.42. The van der Waals surface area contributed by atoms with E-state index < -0.39 is 35.5 Å². The Labute approximate surface area is 244 Å². The highest BCUT2D eigenvalue weighted by molar-refractivity contribution is 7.98. The van der Waals surface area contributed by atoms with Crippen LogP contribution in [-0.4, -0.2) is 46.6 Å². The summed E-state index contributed by atoms with van der Waals surface area (Å²) in [5, 5.41) is 12.4. The van der Waals surface area contributed by atoms with Gasteiger partial charge in [0.05, 0.1) is 15.6 Å². The van der Waals surface area contributed by atoms with Crippen LogP contribution in [0.5, 0.6) is 0 Å². The van der Waals surface area contributed by atoms with Crippen molar-refractivity contribution in [1.29, 1.82) is 0 Å². The number of carbonyl (C=O) groups is 3. The van der Waals surface area contributed by atoms with Gasteiger partial charge in [-0.25, -0.2) is 13.6 Å². The number of amides is 2. The number of thioether (sulfide) groups is 1. The second-order valence-corrected chi connectivity index (χ2v) is 10.7. The fourth-order valence-corrected chi connectivity index (χ4v) is 5.69. The zero-order valence-corrected chi connectivity index (χ0v) is 23.5. The molecule has 3 aromatic rings. The third-order valence-electron chi connectivity index (χ3n) is 6.51. The predicted octanol–water partition coefficient (Wildman–Crippen LogP) is 6.02. The van der Waals surface area contributed by atoms with Gasteiger partial charge in [-0.1, -0.05) is 41.4 Å². The van der Waals surface area contributed by atoms with Crippen molar-refractivity contribution in [3.63, 3.8) is 0 Å². The lowest BCUT2D eigenvalue weighted by atomic mass is 9.96. The van der Waals surface area contributed by atoms with Gasteiger partial charge in [-0.15, -0.1) is 11.8 Å². The van der Waals surface area contributed by atoms with Crippen LogP contribution >= 0.6 is 35.0 Å². The summed E-state index contributed by atoms with van der Waals surface area (Å²) in [6, 6.07) is 11.1. The molecule has 0 aliphatic carbocycles. The molecule has 2 N–H and O–H groups in total. The molecular formula is C29H24Cl2F2N2O4S. The lowest BCUT2D eigenvalue weighted by molar-refractivity contribution is -0.139. The van der Waals surface area contributed by atoms with Crippen LogP contribution in [0.3, 0.4) is 0 Å². The molecule has 0 aromatic heterocycles. The third kappa shape index (κ3) is 6.66. The Kier molecular flexibility index (Phi) is 9.50. The Morgan fingerprint density at radius 2 is 1.82 bits per heavy atom. The number of carboxylic acid groups (broad SMARTS) is 1. The summed E-state index contributed by atoms with van der Waals surface area (Å²) in [5.74, 6) is -3.95. The van der Waals surface area contributed by atoms with E-state index in [1.807, 2.05) is 24.5 Å². The quantitative estimate of drug-likeness (QED) is 0.243. The van der Waals surface area contributed by atoms with E-state index in [0.717, 1.165) is 34.7 Å². The smallest absolute Gasteiger partial charge is 0.326 e. The van der Waals surface area contributed by atoms with Crippen LogP contribution in [0.15, 0.2) is 59.5 Å². The molecular weight excluding hydrogens is 581 g/mol. The van der Waals surface area contributed by atoms with E-state index in [1.54, 1.807) is 6.07 Å². The lowest BCUT2D eigenvalue weighted by Gasteiger charge is -2.29. The number of aliphatic carboxylic acids is 1. The number of hydrogen-bond acceptors (Lipinski definition) is 4. The minimum absolute atomic E-state index is 0.00744. The predicted molar refractivity (Wildman–Crippen MR) is 152 cm³/mol. The van der Waals surface area contributed by atoms with Crippen LogP contribution in [0.25, 0.3) is 6.08 Å². The number of rotatable bonds is 8. The highest BCUT2D eigenvalue weighted by Crippen LogP contribution is 2.35. The number of carbonyl (C=O) groups excluding carboxylic acids is 2. The molecule has 3 aromatic carbocycles. The number of hydrogen-bond donors (Lipinski definition) is 2. The second kappa shape index (κ2) is 12.8. The minimum Gasteiger partial charge on any atom is -0.480 e. The van der Waals surface area contributed by atoms with Gasteiger partial charge in [0.15, 0.2) is 0 Å². The van der Waals surface area contributed by atoms with Crippen LogP contribution in [0.1, 0.15) is 32.6 Å². The summed E-state index contributed by atoms with van der Waals surface area (Å²) in [4.78, 5) is 40.3. The fourth-order valence-electron chi connectivity index (χ4n) is 4.44. The van der Waals surface area contributed by atoms with Crippen LogP contribution in [-0.2, 0) is 29.0 Å². The van der Waals surface area contributed by atoms with Gasteiger partial charge in [0.2, 0.25) is 5.91 Å². The maximum Gasteiger partial charge on any atom is 0.326 e. The van der Waals surface area contributed by atoms with Gasteiger partial charge < -0.3 is 15.3 Å². The van der Waals surface area contributed by atoms with Gasteiger partial charge in [0.1, 0.15) is 17.7 Å². The number of halogens is 4. The zero-order chi connectivity index (χ0) is 29.0. The normalized spacial score (nSPS) is 13.7. The van der Waals surface area contributed by atoms with E-state index in [9.17, 15) is 28.3 Å². The van der Waals surface area contributed by atoms with E-state index in [0.29, 0.717) is 17.5 Å². The van der Waals surface area contributed by atoms with Crippen LogP contribution in [0.2, 0.25) is 10.0 Å². The van der Waals surface area contributed by atoms with Crippen molar-refractivity contribution < 1.29 is 28.3 Å². The molecule has 0 unspecified atom stereocenters. The summed E-state index contributed by atoms with van der Waals surface area (Å²) in [5.41, 5.74) is 1.62. The number of nitrogens with zero attached hydrogens (tertiary/aromatic N) is 1. The Morgan fingerprint density at radius 3 is 2.50 bits per heavy atom. The molecule has 1 atom stereocenters. The molecule has 1 heterocycles. The van der Waals surface area contributed by atoms with Gasteiger partial charge in [-0.3, -0.25) is 9.59 Å². The van der Waals surface area contributed by atoms with Gasteiger partial charge in [-0.05, 0) is 65.8 Å². The Bertz CT molecular complexity index is 1500. The molecule has 1 aliphatic heterocycles. The Balaban J connectivity index is 1.50. The first-order valence-corrected chi connectivity index (χ1v) is 14.1. The summed E-state index contributed by atoms with van der Waals surface area (Å²) in [6.45, 7) is 0.352. The molecule has 208 valence electrons. The highest BCUT2D eigenvalue weighted by Gasteiger charge is 2.29. The van der Waals surface area contributed by atoms with Crippen molar-refractivity contribution in [2.45, 2.75) is 30.3 Å². The van der Waals surface area contributed by atoms with Crippen molar-refractivity contribution in [2.75, 3.05) is 12.8 Å². The van der Waals surface area contributed by atoms with Crippen molar-refractivity contribution in [3.8, 4) is 0 Å². The molecule has 0 bridgehead atoms. The van der Waals surface area contributed by atoms with E-state index in [4.69, 9.17) is 23.2 Å². The first kappa shape index (κ1) is 29.6. The van der Waals surface area contributed by atoms with E-state index in [1.165, 1.54) is 28.8 Å². The van der Waals surface area contributed by atoms with Gasteiger partial charge in [0.25, 0.3) is 5.91 Å². The number of carboxylic acids is 1. The molecule has 4 rings (SSSR count). The Morgan fingerprint density at radius 1 is 1.12 bits per heavy atom. The highest BCUT2D eigenvalue weighted by atomic mass is 35.5. The maximum atomic E-state index is 13.9. The number of benzene rings is 3. The molecule has 0 fully saturated rings. The molecule has 0 radical (unpaired) electrons. The number of fused-ring (bicyclic) bond motifs is 1. The molecule has 0 saturated heterocycles. The monoisotopic (exact) mass is 604 g/mol. The maximum absolute atomic E-state index is 13.9. The zero-order valence-electron chi connectivity index (χ0n) is 21.2. The Hall–Kier alpha value is -3.40. The average Bonchev–Trinajstić information content (AvgIpc) is 2.92. The molecule has 0 spiro atoms. The molecule has 1 aliphatic rings. The van der Waals surface area contributed by atoms with Crippen molar-refractivity contribution >= 4 is 58.8 Å². The van der Waals surface area contributed by atoms with Gasteiger partial charge in [-0.2, -0.15) is 0 Å². The molecule has 6 nitrogen and oxygen atoms in total. The van der Waals surface area contributed by atoms with Gasteiger partial charge >= 0.3 is 5.97 Å². The topological polar surface area (TPSA) is 86.7 Å². The largest absolute Gasteiger partial charge is 0.480 e. The van der Waals surface area contributed by atoms with Crippen LogP contribution < -0.4 is 5.32 Å². The first-order chi connectivity index (χ1) is 19.1. The SMILES string of the molecule is CSc1cccc(C[C@H](NC(=O)c2c(Cl)cc3c(c2Cl)CCN(C(=O)/C=C/c2c(F)cccc2F)C3)C(=O)O)c1. The number of nitrogens with one attached hydrogen (secondary N) is 1.